The van der Waals surface area contributed by atoms with Gasteiger partial charge in [0.2, 0.25) is 0 Å². The van der Waals surface area contributed by atoms with E-state index in [9.17, 15) is 4.79 Å². The topological polar surface area (TPSA) is 42.4 Å². The van der Waals surface area contributed by atoms with E-state index in [0.717, 1.165) is 59.8 Å². The molecule has 2 heterocycles. The van der Waals surface area contributed by atoms with E-state index < -0.39 is 0 Å². The van der Waals surface area contributed by atoms with Crippen LogP contribution in [-0.4, -0.2) is 41.4 Å². The summed E-state index contributed by atoms with van der Waals surface area (Å²) in [6.07, 6.45) is 7.43. The lowest BCUT2D eigenvalue weighted by molar-refractivity contribution is -0.111. The van der Waals surface area contributed by atoms with Gasteiger partial charge >= 0.3 is 0 Å². The zero-order valence-corrected chi connectivity index (χ0v) is 14.4. The van der Waals surface area contributed by atoms with Crippen LogP contribution in [0.2, 0.25) is 0 Å². The van der Waals surface area contributed by atoms with Crippen molar-refractivity contribution in [3.05, 3.63) is 44.5 Å². The molecule has 6 heteroatoms. The monoisotopic (exact) mass is 378 g/mol. The molecule has 4 rings (SSSR count). The van der Waals surface area contributed by atoms with Crippen LogP contribution in [-0.2, 0) is 9.53 Å². The van der Waals surface area contributed by atoms with Crippen LogP contribution >= 0.6 is 27.5 Å². The molecular formula is C16H15BrN2O2S. The summed E-state index contributed by atoms with van der Waals surface area (Å²) in [6, 6.07) is 0. The molecule has 0 spiro atoms. The van der Waals surface area contributed by atoms with Crippen LogP contribution in [0.4, 0.5) is 0 Å². The Morgan fingerprint density at radius 1 is 1.27 bits per heavy atom. The molecule has 0 amide bonds. The normalized spacial score (nSPS) is 21.9. The molecule has 1 aromatic rings. The fraction of sp³-hybridized carbons (Fsp3) is 0.375. The number of ether oxygens (including phenoxy) is 1. The molecule has 2 aliphatic carbocycles. The first-order chi connectivity index (χ1) is 10.7. The Morgan fingerprint density at radius 2 is 2.09 bits per heavy atom. The minimum Gasteiger partial charge on any atom is -0.378 e. The van der Waals surface area contributed by atoms with Gasteiger partial charge < -0.3 is 9.64 Å². The molecule has 1 fully saturated rings. The third kappa shape index (κ3) is 2.39. The molecule has 114 valence electrons. The quantitative estimate of drug-likeness (QED) is 0.792. The Kier molecular flexibility index (Phi) is 3.76. The number of hydrogen-bond donors (Lipinski definition) is 0. The van der Waals surface area contributed by atoms with Crippen LogP contribution in [0.3, 0.4) is 0 Å². The number of morpholine rings is 1. The Hall–Kier alpha value is -1.24. The number of allylic oxidation sites excluding steroid dienone is 5. The van der Waals surface area contributed by atoms with Crippen molar-refractivity contribution in [3.63, 3.8) is 0 Å². The smallest absolute Gasteiger partial charge is 0.184 e. The zero-order valence-electron chi connectivity index (χ0n) is 12.0. The van der Waals surface area contributed by atoms with Crippen molar-refractivity contribution in [2.75, 3.05) is 26.3 Å². The number of aromatic nitrogens is 1. The van der Waals surface area contributed by atoms with Crippen LogP contribution in [0.15, 0.2) is 39.0 Å². The molecule has 0 saturated carbocycles. The van der Waals surface area contributed by atoms with Crippen molar-refractivity contribution >= 4 is 38.8 Å². The van der Waals surface area contributed by atoms with Gasteiger partial charge in [0.05, 0.1) is 17.0 Å². The van der Waals surface area contributed by atoms with Crippen LogP contribution in [0, 0.1) is 0 Å². The number of rotatable bonds is 2. The SMILES string of the molecule is O=C1C=C(N2CCOCC2)CC2=C1CC=C2c1cnsc1Br. The molecule has 22 heavy (non-hydrogen) atoms. The number of halogens is 1. The van der Waals surface area contributed by atoms with E-state index in [4.69, 9.17) is 4.74 Å². The first kappa shape index (κ1) is 14.4. The van der Waals surface area contributed by atoms with E-state index in [0.29, 0.717) is 0 Å². The lowest BCUT2D eigenvalue weighted by Gasteiger charge is -2.33. The number of carbonyl (C=O) groups is 1. The average molecular weight is 379 g/mol. The lowest BCUT2D eigenvalue weighted by Crippen LogP contribution is -2.36. The summed E-state index contributed by atoms with van der Waals surface area (Å²) in [7, 11) is 0. The van der Waals surface area contributed by atoms with Gasteiger partial charge in [-0.1, -0.05) is 6.08 Å². The molecule has 1 saturated heterocycles. The van der Waals surface area contributed by atoms with Crippen molar-refractivity contribution in [1.82, 2.24) is 9.27 Å². The second kappa shape index (κ2) is 5.76. The summed E-state index contributed by atoms with van der Waals surface area (Å²) >= 11 is 5.00. The molecular weight excluding hydrogens is 364 g/mol. The highest BCUT2D eigenvalue weighted by molar-refractivity contribution is 9.11. The summed E-state index contributed by atoms with van der Waals surface area (Å²) < 4.78 is 10.7. The minimum absolute atomic E-state index is 0.160. The number of ketones is 1. The van der Waals surface area contributed by atoms with Crippen molar-refractivity contribution in [1.29, 1.82) is 0 Å². The molecule has 0 unspecified atom stereocenters. The van der Waals surface area contributed by atoms with E-state index in [-0.39, 0.29) is 5.78 Å². The highest BCUT2D eigenvalue weighted by Crippen LogP contribution is 2.43. The third-order valence-corrected chi connectivity index (χ3v) is 5.84. The Labute approximate surface area is 141 Å². The Balaban J connectivity index is 1.64. The number of nitrogens with zero attached hydrogens (tertiary/aromatic N) is 2. The summed E-state index contributed by atoms with van der Waals surface area (Å²) in [5.74, 6) is 0.160. The molecule has 0 atom stereocenters. The van der Waals surface area contributed by atoms with Crippen LogP contribution in [0.1, 0.15) is 18.4 Å². The molecule has 3 aliphatic rings. The molecule has 0 bridgehead atoms. The van der Waals surface area contributed by atoms with Gasteiger partial charge in [0, 0.05) is 48.6 Å². The van der Waals surface area contributed by atoms with Gasteiger partial charge in [-0.3, -0.25) is 4.79 Å². The van der Waals surface area contributed by atoms with Crippen molar-refractivity contribution in [2.45, 2.75) is 12.8 Å². The minimum atomic E-state index is 0.160. The van der Waals surface area contributed by atoms with Crippen LogP contribution in [0.5, 0.6) is 0 Å². The second-order valence-corrected chi connectivity index (χ2v) is 7.69. The van der Waals surface area contributed by atoms with Crippen molar-refractivity contribution in [2.24, 2.45) is 0 Å². The molecule has 1 aromatic heterocycles. The summed E-state index contributed by atoms with van der Waals surface area (Å²) in [6.45, 7) is 3.20. The van der Waals surface area contributed by atoms with Crippen LogP contribution < -0.4 is 0 Å². The first-order valence-electron chi connectivity index (χ1n) is 7.35. The van der Waals surface area contributed by atoms with Gasteiger partial charge in [-0.15, -0.1) is 0 Å². The van der Waals surface area contributed by atoms with Gasteiger partial charge in [-0.05, 0) is 45.0 Å². The third-order valence-electron chi connectivity index (χ3n) is 4.39. The van der Waals surface area contributed by atoms with Crippen molar-refractivity contribution < 1.29 is 9.53 Å². The fourth-order valence-electron chi connectivity index (χ4n) is 3.26. The molecule has 0 radical (unpaired) electrons. The van der Waals surface area contributed by atoms with Crippen molar-refractivity contribution in [3.8, 4) is 0 Å². The Morgan fingerprint density at radius 3 is 2.82 bits per heavy atom. The maximum atomic E-state index is 12.5. The largest absolute Gasteiger partial charge is 0.378 e. The van der Waals surface area contributed by atoms with Gasteiger partial charge in [-0.25, -0.2) is 0 Å². The lowest BCUT2D eigenvalue weighted by atomic mass is 9.90. The highest BCUT2D eigenvalue weighted by Gasteiger charge is 2.30. The Bertz CT molecular complexity index is 726. The maximum Gasteiger partial charge on any atom is 0.184 e. The predicted molar refractivity (Wildman–Crippen MR) is 89.5 cm³/mol. The first-order valence-corrected chi connectivity index (χ1v) is 8.91. The number of hydrogen-bond acceptors (Lipinski definition) is 5. The van der Waals surface area contributed by atoms with Gasteiger partial charge in [0.1, 0.15) is 0 Å². The molecule has 1 aliphatic heterocycles. The van der Waals surface area contributed by atoms with Gasteiger partial charge in [0.15, 0.2) is 5.78 Å². The van der Waals surface area contributed by atoms with Gasteiger partial charge in [-0.2, -0.15) is 4.37 Å². The van der Waals surface area contributed by atoms with Crippen LogP contribution in [0.25, 0.3) is 5.57 Å². The standard InChI is InChI=1S/C16H15BrN2O2S/c17-16-14(9-18-22-16)11-1-2-12-13(11)7-10(8-15(12)20)19-3-5-21-6-4-19/h1,8-9H,2-7H2. The van der Waals surface area contributed by atoms with E-state index in [1.54, 1.807) is 0 Å². The fourth-order valence-corrected chi connectivity index (χ4v) is 4.34. The summed E-state index contributed by atoms with van der Waals surface area (Å²) in [5.41, 5.74) is 5.52. The zero-order chi connectivity index (χ0) is 15.1. The van der Waals surface area contributed by atoms with E-state index in [1.807, 2.05) is 12.3 Å². The molecule has 4 nitrogen and oxygen atoms in total. The summed E-state index contributed by atoms with van der Waals surface area (Å²) in [5, 5.41) is 0. The predicted octanol–water partition coefficient (Wildman–Crippen LogP) is 3.18. The summed E-state index contributed by atoms with van der Waals surface area (Å²) in [4.78, 5) is 14.8. The van der Waals surface area contributed by atoms with E-state index >= 15 is 0 Å². The maximum absolute atomic E-state index is 12.5. The van der Waals surface area contributed by atoms with Gasteiger partial charge in [0.25, 0.3) is 0 Å². The van der Waals surface area contributed by atoms with E-state index in [2.05, 4.69) is 31.3 Å². The molecule has 0 aromatic carbocycles. The average Bonchev–Trinajstić information content (AvgIpc) is 3.14. The molecule has 0 N–H and O–H groups in total. The number of carbonyl (C=O) groups excluding carboxylic acids is 1. The van der Waals surface area contributed by atoms with E-state index in [1.165, 1.54) is 22.7 Å². The highest BCUT2D eigenvalue weighted by atomic mass is 79.9. The second-order valence-electron chi connectivity index (χ2n) is 5.57.